The minimum absolute atomic E-state index is 0.186. The molecule has 0 aromatic carbocycles. The van der Waals surface area contributed by atoms with E-state index in [0.29, 0.717) is 12.0 Å². The van der Waals surface area contributed by atoms with Crippen molar-refractivity contribution < 1.29 is 14.6 Å². The lowest BCUT2D eigenvalue weighted by Crippen LogP contribution is -2.33. The highest BCUT2D eigenvalue weighted by atomic mass is 16.5. The molecule has 1 aliphatic carbocycles. The van der Waals surface area contributed by atoms with Crippen LogP contribution in [0.3, 0.4) is 0 Å². The standard InChI is InChI=1S/C9H13N3O3/c1-5-7(11-12-10)3-6(4-8(5)13)9(14)15-2/h4-5,7-8,13H,3H2,1-2H3/t5-,7+,8-/m1/s1. The molecule has 1 rings (SSSR count). The van der Waals surface area contributed by atoms with Crippen LogP contribution in [0, 0.1) is 5.92 Å². The minimum Gasteiger partial charge on any atom is -0.466 e. The highest BCUT2D eigenvalue weighted by molar-refractivity contribution is 5.88. The van der Waals surface area contributed by atoms with Gasteiger partial charge in [0.05, 0.1) is 13.2 Å². The third-order valence-corrected chi connectivity index (χ3v) is 2.59. The molecule has 0 fully saturated rings. The van der Waals surface area contributed by atoms with Gasteiger partial charge in [-0.3, -0.25) is 0 Å². The zero-order chi connectivity index (χ0) is 11.4. The first-order valence-electron chi connectivity index (χ1n) is 4.61. The molecule has 0 unspecified atom stereocenters. The molecule has 3 atom stereocenters. The number of esters is 1. The molecule has 6 nitrogen and oxygen atoms in total. The molecule has 0 aromatic heterocycles. The summed E-state index contributed by atoms with van der Waals surface area (Å²) in [4.78, 5) is 13.9. The van der Waals surface area contributed by atoms with Crippen molar-refractivity contribution in [2.24, 2.45) is 11.0 Å². The van der Waals surface area contributed by atoms with Gasteiger partial charge in [-0.1, -0.05) is 12.0 Å². The molecule has 0 bridgehead atoms. The van der Waals surface area contributed by atoms with Gasteiger partial charge in [0, 0.05) is 16.5 Å². The number of carbonyl (C=O) groups excluding carboxylic acids is 1. The Balaban J connectivity index is 2.90. The summed E-state index contributed by atoms with van der Waals surface area (Å²) in [6.07, 6.45) is 0.998. The lowest BCUT2D eigenvalue weighted by atomic mass is 9.84. The number of azide groups is 1. The van der Waals surface area contributed by atoms with Gasteiger partial charge in [0.1, 0.15) is 0 Å². The Hall–Kier alpha value is -1.52. The van der Waals surface area contributed by atoms with Crippen molar-refractivity contribution in [2.45, 2.75) is 25.5 Å². The normalized spacial score (nSPS) is 30.1. The van der Waals surface area contributed by atoms with Crippen LogP contribution in [-0.4, -0.2) is 30.3 Å². The van der Waals surface area contributed by atoms with Gasteiger partial charge in [0.15, 0.2) is 0 Å². The summed E-state index contributed by atoms with van der Waals surface area (Å²) in [5, 5.41) is 13.2. The fourth-order valence-electron chi connectivity index (χ4n) is 1.56. The monoisotopic (exact) mass is 211 g/mol. The Bertz CT molecular complexity index is 333. The van der Waals surface area contributed by atoms with E-state index in [-0.39, 0.29) is 5.92 Å². The van der Waals surface area contributed by atoms with Crippen LogP contribution < -0.4 is 0 Å². The highest BCUT2D eigenvalue weighted by Gasteiger charge is 2.30. The first-order valence-corrected chi connectivity index (χ1v) is 4.61. The molecular formula is C9H13N3O3. The molecule has 1 aliphatic rings. The van der Waals surface area contributed by atoms with E-state index in [9.17, 15) is 9.90 Å². The van der Waals surface area contributed by atoms with Crippen molar-refractivity contribution in [3.63, 3.8) is 0 Å². The summed E-state index contributed by atoms with van der Waals surface area (Å²) in [5.41, 5.74) is 8.71. The van der Waals surface area contributed by atoms with E-state index in [1.165, 1.54) is 13.2 Å². The number of methoxy groups -OCH3 is 1. The average Bonchev–Trinajstić information content (AvgIpc) is 2.23. The summed E-state index contributed by atoms with van der Waals surface area (Å²) in [6.45, 7) is 1.77. The van der Waals surface area contributed by atoms with E-state index in [1.807, 2.05) is 0 Å². The minimum atomic E-state index is -0.775. The van der Waals surface area contributed by atoms with Crippen molar-refractivity contribution in [2.75, 3.05) is 7.11 Å². The number of hydrogen-bond donors (Lipinski definition) is 1. The number of nitrogens with zero attached hydrogens (tertiary/aromatic N) is 3. The number of rotatable bonds is 2. The van der Waals surface area contributed by atoms with E-state index < -0.39 is 18.1 Å². The SMILES string of the molecule is COC(=O)C1=C[C@@H](O)[C@H](C)[C@@H](N=[N+]=[N-])C1. The second-order valence-electron chi connectivity index (χ2n) is 3.51. The lowest BCUT2D eigenvalue weighted by Gasteiger charge is -2.28. The maximum Gasteiger partial charge on any atom is 0.333 e. The molecule has 1 N–H and O–H groups in total. The van der Waals surface area contributed by atoms with Crippen molar-refractivity contribution in [3.05, 3.63) is 22.1 Å². The summed E-state index contributed by atoms with van der Waals surface area (Å²) in [7, 11) is 1.27. The van der Waals surface area contributed by atoms with Gasteiger partial charge in [-0.25, -0.2) is 4.79 Å². The summed E-state index contributed by atoms with van der Waals surface area (Å²) >= 11 is 0. The van der Waals surface area contributed by atoms with Crippen LogP contribution in [0.2, 0.25) is 0 Å². The van der Waals surface area contributed by atoms with Gasteiger partial charge in [-0.05, 0) is 23.9 Å². The first-order chi connectivity index (χ1) is 7.10. The second-order valence-corrected chi connectivity index (χ2v) is 3.51. The van der Waals surface area contributed by atoms with Crippen molar-refractivity contribution in [3.8, 4) is 0 Å². The molecular weight excluding hydrogens is 198 g/mol. The maximum absolute atomic E-state index is 11.2. The number of hydrogen-bond acceptors (Lipinski definition) is 4. The third kappa shape index (κ3) is 2.49. The van der Waals surface area contributed by atoms with E-state index >= 15 is 0 Å². The van der Waals surface area contributed by atoms with Crippen LogP contribution in [0.1, 0.15) is 13.3 Å². The Morgan fingerprint density at radius 2 is 2.47 bits per heavy atom. The van der Waals surface area contributed by atoms with Crippen LogP contribution in [0.25, 0.3) is 10.4 Å². The van der Waals surface area contributed by atoms with Crippen LogP contribution in [0.15, 0.2) is 16.8 Å². The van der Waals surface area contributed by atoms with Crippen molar-refractivity contribution >= 4 is 5.97 Å². The second kappa shape index (κ2) is 4.82. The Labute approximate surface area is 87.2 Å². The van der Waals surface area contributed by atoms with Crippen LogP contribution in [0.5, 0.6) is 0 Å². The quantitative estimate of drug-likeness (QED) is 0.321. The molecule has 0 aromatic rings. The Kier molecular flexibility index (Phi) is 3.71. The topological polar surface area (TPSA) is 95.3 Å². The largest absolute Gasteiger partial charge is 0.466 e. The van der Waals surface area contributed by atoms with Gasteiger partial charge < -0.3 is 9.84 Å². The molecule has 0 aliphatic heterocycles. The smallest absolute Gasteiger partial charge is 0.333 e. The fraction of sp³-hybridized carbons (Fsp3) is 0.667. The molecule has 82 valence electrons. The predicted molar refractivity (Wildman–Crippen MR) is 52.8 cm³/mol. The highest BCUT2D eigenvalue weighted by Crippen LogP contribution is 2.27. The summed E-state index contributed by atoms with van der Waals surface area (Å²) < 4.78 is 4.55. The van der Waals surface area contributed by atoms with Gasteiger partial charge in [0.2, 0.25) is 0 Å². The maximum atomic E-state index is 11.2. The van der Waals surface area contributed by atoms with E-state index in [1.54, 1.807) is 6.92 Å². The Morgan fingerprint density at radius 1 is 1.80 bits per heavy atom. The van der Waals surface area contributed by atoms with Gasteiger partial charge in [-0.2, -0.15) is 0 Å². The van der Waals surface area contributed by atoms with E-state index in [4.69, 9.17) is 5.53 Å². The average molecular weight is 211 g/mol. The predicted octanol–water partition coefficient (Wildman–Crippen LogP) is 1.17. The van der Waals surface area contributed by atoms with Gasteiger partial charge in [0.25, 0.3) is 0 Å². The van der Waals surface area contributed by atoms with Gasteiger partial charge >= 0.3 is 5.97 Å². The number of aliphatic hydroxyl groups excluding tert-OH is 1. The number of aliphatic hydroxyl groups is 1. The molecule has 15 heavy (non-hydrogen) atoms. The van der Waals surface area contributed by atoms with Crippen LogP contribution in [-0.2, 0) is 9.53 Å². The molecule has 0 amide bonds. The number of carbonyl (C=O) groups is 1. The van der Waals surface area contributed by atoms with Crippen LogP contribution >= 0.6 is 0 Å². The summed E-state index contributed by atoms with van der Waals surface area (Å²) in [6, 6.07) is -0.399. The molecule has 0 spiro atoms. The van der Waals surface area contributed by atoms with E-state index in [2.05, 4.69) is 14.8 Å². The first kappa shape index (κ1) is 11.6. The molecule has 0 radical (unpaired) electrons. The molecule has 0 saturated heterocycles. The van der Waals surface area contributed by atoms with Crippen molar-refractivity contribution in [1.82, 2.24) is 0 Å². The molecule has 0 saturated carbocycles. The fourth-order valence-corrected chi connectivity index (χ4v) is 1.56. The Morgan fingerprint density at radius 3 is 3.00 bits per heavy atom. The van der Waals surface area contributed by atoms with Gasteiger partial charge in [-0.15, -0.1) is 0 Å². The third-order valence-electron chi connectivity index (χ3n) is 2.59. The zero-order valence-corrected chi connectivity index (χ0v) is 8.62. The summed E-state index contributed by atoms with van der Waals surface area (Å²) in [5.74, 6) is -0.673. The molecule has 0 heterocycles. The van der Waals surface area contributed by atoms with E-state index in [0.717, 1.165) is 0 Å². The number of ether oxygens (including phenoxy) is 1. The zero-order valence-electron chi connectivity index (χ0n) is 8.62. The van der Waals surface area contributed by atoms with Crippen molar-refractivity contribution in [1.29, 1.82) is 0 Å². The van der Waals surface area contributed by atoms with Crippen LogP contribution in [0.4, 0.5) is 0 Å². The molecule has 6 heteroatoms. The lowest BCUT2D eigenvalue weighted by molar-refractivity contribution is -0.136.